The van der Waals surface area contributed by atoms with Crippen molar-refractivity contribution >= 4 is 28.9 Å². The Balaban J connectivity index is 2.03. The normalized spacial score (nSPS) is 17.2. The number of hydrogen-bond acceptors (Lipinski definition) is 2. The van der Waals surface area contributed by atoms with E-state index in [0.29, 0.717) is 5.88 Å². The average molecular weight is 301 g/mol. The van der Waals surface area contributed by atoms with Gasteiger partial charge in [-0.1, -0.05) is 17.7 Å². The highest BCUT2D eigenvalue weighted by atomic mass is 35.5. The molecule has 2 nitrogen and oxygen atoms in total. The number of rotatable bonds is 4. The third-order valence-corrected chi connectivity index (χ3v) is 4.43. The van der Waals surface area contributed by atoms with Gasteiger partial charge in [0, 0.05) is 35.9 Å². The first kappa shape index (κ1) is 15.0. The van der Waals surface area contributed by atoms with Gasteiger partial charge in [0.05, 0.1) is 5.88 Å². The van der Waals surface area contributed by atoms with Crippen LogP contribution in [0.1, 0.15) is 18.4 Å². The Hall–Kier alpha value is -0.440. The van der Waals surface area contributed by atoms with Crippen LogP contribution in [0.4, 0.5) is 5.69 Å². The van der Waals surface area contributed by atoms with Gasteiger partial charge in [-0.05, 0) is 45.0 Å². The van der Waals surface area contributed by atoms with Crippen molar-refractivity contribution in [3.05, 3.63) is 28.8 Å². The van der Waals surface area contributed by atoms with Crippen LogP contribution in [-0.4, -0.2) is 38.6 Å². The molecule has 0 atom stereocenters. The molecule has 1 heterocycles. The molecule has 0 spiro atoms. The summed E-state index contributed by atoms with van der Waals surface area (Å²) >= 11 is 12.3. The van der Waals surface area contributed by atoms with Crippen LogP contribution in [0, 0.1) is 5.92 Å². The summed E-state index contributed by atoms with van der Waals surface area (Å²) < 4.78 is 0. The van der Waals surface area contributed by atoms with Gasteiger partial charge < -0.3 is 9.80 Å². The van der Waals surface area contributed by atoms with Gasteiger partial charge >= 0.3 is 0 Å². The summed E-state index contributed by atoms with van der Waals surface area (Å²) in [4.78, 5) is 4.71. The summed E-state index contributed by atoms with van der Waals surface area (Å²) in [5.74, 6) is 1.29. The summed E-state index contributed by atoms with van der Waals surface area (Å²) in [6.45, 7) is 3.39. The molecule has 1 aromatic rings. The van der Waals surface area contributed by atoms with Crippen LogP contribution < -0.4 is 4.90 Å². The van der Waals surface area contributed by atoms with Crippen molar-refractivity contribution in [3.63, 3.8) is 0 Å². The zero-order valence-electron chi connectivity index (χ0n) is 11.7. The molecule has 0 amide bonds. The van der Waals surface area contributed by atoms with Crippen molar-refractivity contribution in [1.82, 2.24) is 4.90 Å². The Morgan fingerprint density at radius 2 is 1.95 bits per heavy atom. The first-order valence-corrected chi connectivity index (χ1v) is 7.76. The molecule has 0 aliphatic carbocycles. The molecule has 0 unspecified atom stereocenters. The number of halogens is 2. The fraction of sp³-hybridized carbons (Fsp3) is 0.600. The average Bonchev–Trinajstić information content (AvgIpc) is 2.38. The molecule has 0 N–H and O–H groups in total. The van der Waals surface area contributed by atoms with Gasteiger partial charge in [-0.2, -0.15) is 0 Å². The lowest BCUT2D eigenvalue weighted by Gasteiger charge is -2.35. The van der Waals surface area contributed by atoms with Gasteiger partial charge in [0.1, 0.15) is 0 Å². The van der Waals surface area contributed by atoms with E-state index >= 15 is 0 Å². The predicted octanol–water partition coefficient (Wildman–Crippen LogP) is 3.86. The Morgan fingerprint density at radius 1 is 1.26 bits per heavy atom. The van der Waals surface area contributed by atoms with Crippen molar-refractivity contribution < 1.29 is 0 Å². The molecule has 0 radical (unpaired) electrons. The minimum Gasteiger partial charge on any atom is -0.371 e. The minimum atomic E-state index is 0.479. The lowest BCUT2D eigenvalue weighted by Crippen LogP contribution is -2.37. The van der Waals surface area contributed by atoms with Gasteiger partial charge in [-0.3, -0.25) is 0 Å². The van der Waals surface area contributed by atoms with Crippen molar-refractivity contribution in [2.45, 2.75) is 18.7 Å². The van der Waals surface area contributed by atoms with Crippen molar-refractivity contribution in [3.8, 4) is 0 Å². The Bertz CT molecular complexity index is 413. The van der Waals surface area contributed by atoms with Gasteiger partial charge in [-0.25, -0.2) is 0 Å². The van der Waals surface area contributed by atoms with Crippen molar-refractivity contribution in [2.75, 3.05) is 38.6 Å². The molecule has 0 saturated carbocycles. The van der Waals surface area contributed by atoms with Crippen molar-refractivity contribution in [2.24, 2.45) is 5.92 Å². The van der Waals surface area contributed by atoms with Crippen LogP contribution in [-0.2, 0) is 5.88 Å². The van der Waals surface area contributed by atoms with E-state index in [1.54, 1.807) is 0 Å². The number of nitrogens with zero attached hydrogens (tertiary/aromatic N) is 2. The minimum absolute atomic E-state index is 0.479. The second-order valence-electron chi connectivity index (χ2n) is 5.56. The van der Waals surface area contributed by atoms with E-state index in [9.17, 15) is 0 Å². The summed E-state index contributed by atoms with van der Waals surface area (Å²) in [5.41, 5.74) is 2.28. The molecule has 1 fully saturated rings. The topological polar surface area (TPSA) is 6.48 Å². The summed E-state index contributed by atoms with van der Waals surface area (Å²) in [6, 6.07) is 6.07. The Morgan fingerprint density at radius 3 is 2.53 bits per heavy atom. The number of alkyl halides is 1. The Kier molecular flexibility index (Phi) is 5.37. The van der Waals surface area contributed by atoms with Crippen LogP contribution in [0.3, 0.4) is 0 Å². The molecule has 1 aliphatic heterocycles. The first-order valence-electron chi connectivity index (χ1n) is 6.85. The van der Waals surface area contributed by atoms with E-state index in [2.05, 4.69) is 30.0 Å². The van der Waals surface area contributed by atoms with Gasteiger partial charge in [0.2, 0.25) is 0 Å². The van der Waals surface area contributed by atoms with Crippen LogP contribution in [0.2, 0.25) is 5.02 Å². The van der Waals surface area contributed by atoms with E-state index < -0.39 is 0 Å². The van der Waals surface area contributed by atoms with Gasteiger partial charge in [0.25, 0.3) is 0 Å². The molecule has 106 valence electrons. The van der Waals surface area contributed by atoms with Crippen molar-refractivity contribution in [1.29, 1.82) is 0 Å². The molecule has 0 aromatic heterocycles. The maximum atomic E-state index is 6.23. The van der Waals surface area contributed by atoms with Crippen LogP contribution in [0.15, 0.2) is 18.2 Å². The van der Waals surface area contributed by atoms with Gasteiger partial charge in [-0.15, -0.1) is 11.6 Å². The van der Waals surface area contributed by atoms with E-state index in [0.717, 1.165) is 29.6 Å². The number of hydrogen-bond donors (Lipinski definition) is 0. The fourth-order valence-electron chi connectivity index (χ4n) is 2.85. The van der Waals surface area contributed by atoms with Crippen LogP contribution >= 0.6 is 23.2 Å². The smallest absolute Gasteiger partial charge is 0.0509 e. The third kappa shape index (κ3) is 3.77. The molecular weight excluding hydrogens is 279 g/mol. The highest BCUT2D eigenvalue weighted by molar-refractivity contribution is 6.32. The van der Waals surface area contributed by atoms with Crippen LogP contribution in [0.5, 0.6) is 0 Å². The fourth-order valence-corrected chi connectivity index (χ4v) is 3.43. The highest BCUT2D eigenvalue weighted by Gasteiger charge is 2.21. The second kappa shape index (κ2) is 6.83. The lowest BCUT2D eigenvalue weighted by molar-refractivity contribution is 0.285. The number of anilines is 1. The monoisotopic (exact) mass is 300 g/mol. The predicted molar refractivity (Wildman–Crippen MR) is 84.5 cm³/mol. The second-order valence-corrected chi connectivity index (χ2v) is 6.24. The van der Waals surface area contributed by atoms with Gasteiger partial charge in [0.15, 0.2) is 0 Å². The molecule has 0 bridgehead atoms. The quantitative estimate of drug-likeness (QED) is 0.779. The van der Waals surface area contributed by atoms with E-state index in [1.807, 2.05) is 12.1 Å². The van der Waals surface area contributed by atoms with Crippen LogP contribution in [0.25, 0.3) is 0 Å². The highest BCUT2D eigenvalue weighted by Crippen LogP contribution is 2.31. The maximum Gasteiger partial charge on any atom is 0.0509 e. The molecule has 1 aliphatic rings. The molecule has 2 rings (SSSR count). The standard InChI is InChI=1S/C15H22Cl2N2/c1-18(2)11-12-6-8-19(9-7-12)15-5-3-4-14(17)13(15)10-16/h3-5,12H,6-11H2,1-2H3. The SMILES string of the molecule is CN(C)CC1CCN(c2cccc(Cl)c2CCl)CC1. The lowest BCUT2D eigenvalue weighted by atomic mass is 9.95. The maximum absolute atomic E-state index is 6.23. The zero-order chi connectivity index (χ0) is 13.8. The summed E-state index contributed by atoms with van der Waals surface area (Å²) in [5, 5.41) is 0.780. The number of piperidine rings is 1. The molecule has 1 saturated heterocycles. The van der Waals surface area contributed by atoms with E-state index in [1.165, 1.54) is 25.1 Å². The summed E-state index contributed by atoms with van der Waals surface area (Å²) in [7, 11) is 4.30. The largest absolute Gasteiger partial charge is 0.371 e. The molecule has 1 aromatic carbocycles. The third-order valence-electron chi connectivity index (χ3n) is 3.81. The molecule has 4 heteroatoms. The first-order chi connectivity index (χ1) is 9.11. The zero-order valence-corrected chi connectivity index (χ0v) is 13.2. The summed E-state index contributed by atoms with van der Waals surface area (Å²) in [6.07, 6.45) is 2.48. The van der Waals surface area contributed by atoms with E-state index in [4.69, 9.17) is 23.2 Å². The van der Waals surface area contributed by atoms with E-state index in [-0.39, 0.29) is 0 Å². The molecular formula is C15H22Cl2N2. The molecule has 19 heavy (non-hydrogen) atoms. The Labute approximate surface area is 126 Å². The number of benzene rings is 1.